The van der Waals surface area contributed by atoms with Crippen LogP contribution in [0.5, 0.6) is 0 Å². The van der Waals surface area contributed by atoms with Crippen molar-refractivity contribution in [2.75, 3.05) is 0 Å². The largest absolute Gasteiger partial charge is 0.454 e. The van der Waals surface area contributed by atoms with E-state index in [1.165, 1.54) is 32.9 Å². The summed E-state index contributed by atoms with van der Waals surface area (Å²) in [7, 11) is 0. The van der Waals surface area contributed by atoms with Crippen molar-refractivity contribution >= 4 is 43.9 Å². The molecule has 0 spiro atoms. The van der Waals surface area contributed by atoms with Crippen LogP contribution < -0.4 is 0 Å². The molecule has 0 aliphatic heterocycles. The smallest absolute Gasteiger partial charge is 0.153 e. The van der Waals surface area contributed by atoms with Crippen molar-refractivity contribution in [2.45, 2.75) is 0 Å². The van der Waals surface area contributed by atoms with Gasteiger partial charge in [0, 0.05) is 33.6 Å². The highest BCUT2D eigenvalue weighted by molar-refractivity contribution is 6.09. The van der Waals surface area contributed by atoms with Gasteiger partial charge in [-0.15, -0.1) is 0 Å². The van der Waals surface area contributed by atoms with Crippen LogP contribution in [0.4, 0.5) is 0 Å². The summed E-state index contributed by atoms with van der Waals surface area (Å²) in [5, 5.41) is 3.59. The highest BCUT2D eigenvalue weighted by atomic mass is 16.3. The maximum absolute atomic E-state index is 6.25. The average molecular weight is 487 g/mol. The molecule has 0 saturated carbocycles. The first-order valence-corrected chi connectivity index (χ1v) is 12.8. The molecular weight excluding hydrogens is 464 g/mol. The molecule has 0 saturated heterocycles. The second kappa shape index (κ2) is 8.19. The van der Waals surface area contributed by atoms with Gasteiger partial charge in [0.05, 0.1) is 11.0 Å². The minimum absolute atomic E-state index is 0.812. The van der Waals surface area contributed by atoms with Gasteiger partial charge in [0.2, 0.25) is 0 Å². The number of fused-ring (bicyclic) bond motifs is 6. The maximum Gasteiger partial charge on any atom is 0.153 e. The van der Waals surface area contributed by atoms with E-state index in [0.717, 1.165) is 38.9 Å². The first kappa shape index (κ1) is 21.0. The van der Waals surface area contributed by atoms with Crippen LogP contribution in [0, 0.1) is 0 Å². The standard InChI is InChI=1S/C35H22N2O/c1-3-14-31-28(10-1)29-11-2-4-15-32(29)37(31)26-19-17-23(18-20-26)24-8-5-9-25(22-24)27-12-6-13-30-34-33(38-35(27)30)16-7-21-36-34/h1-22H. The van der Waals surface area contributed by atoms with Crippen LogP contribution in [0.3, 0.4) is 0 Å². The zero-order valence-electron chi connectivity index (χ0n) is 20.5. The van der Waals surface area contributed by atoms with E-state index in [2.05, 4.69) is 125 Å². The molecule has 0 bridgehead atoms. The van der Waals surface area contributed by atoms with Crippen molar-refractivity contribution in [1.82, 2.24) is 9.55 Å². The van der Waals surface area contributed by atoms with Crippen molar-refractivity contribution < 1.29 is 4.42 Å². The second-order valence-electron chi connectivity index (χ2n) is 9.63. The lowest BCUT2D eigenvalue weighted by molar-refractivity contribution is 0.669. The summed E-state index contributed by atoms with van der Waals surface area (Å²) in [6, 6.07) is 44.9. The molecule has 3 heterocycles. The molecule has 3 aromatic heterocycles. The number of hydrogen-bond donors (Lipinski definition) is 0. The Bertz CT molecular complexity index is 2080. The number of hydrogen-bond acceptors (Lipinski definition) is 2. The lowest BCUT2D eigenvalue weighted by atomic mass is 9.98. The van der Waals surface area contributed by atoms with Crippen molar-refractivity contribution in [3.63, 3.8) is 0 Å². The molecule has 0 amide bonds. The third-order valence-electron chi connectivity index (χ3n) is 7.47. The molecule has 0 radical (unpaired) electrons. The van der Waals surface area contributed by atoms with E-state index < -0.39 is 0 Å². The molecule has 0 unspecified atom stereocenters. The Morgan fingerprint density at radius 3 is 2.00 bits per heavy atom. The fourth-order valence-electron chi connectivity index (χ4n) is 5.72. The van der Waals surface area contributed by atoms with Crippen LogP contribution in [-0.4, -0.2) is 9.55 Å². The first-order chi connectivity index (χ1) is 18.8. The monoisotopic (exact) mass is 486 g/mol. The molecule has 3 heteroatoms. The van der Waals surface area contributed by atoms with Crippen LogP contribution in [-0.2, 0) is 0 Å². The molecule has 8 aromatic rings. The number of nitrogens with zero attached hydrogens (tertiary/aromatic N) is 2. The van der Waals surface area contributed by atoms with Gasteiger partial charge in [0.1, 0.15) is 11.1 Å². The number of para-hydroxylation sites is 3. The first-order valence-electron chi connectivity index (χ1n) is 12.8. The lowest BCUT2D eigenvalue weighted by Crippen LogP contribution is -1.93. The SMILES string of the molecule is c1cc(-c2ccc(-n3c4ccccc4c4ccccc43)cc2)cc(-c2cccc3c2oc2cccnc23)c1. The molecule has 0 N–H and O–H groups in total. The van der Waals surface area contributed by atoms with Gasteiger partial charge in [-0.1, -0.05) is 78.9 Å². The van der Waals surface area contributed by atoms with Crippen LogP contribution in [0.15, 0.2) is 138 Å². The van der Waals surface area contributed by atoms with Gasteiger partial charge in [-0.2, -0.15) is 0 Å². The molecule has 3 nitrogen and oxygen atoms in total. The number of pyridine rings is 1. The normalized spacial score (nSPS) is 11.7. The van der Waals surface area contributed by atoms with Crippen molar-refractivity contribution in [3.8, 4) is 27.9 Å². The van der Waals surface area contributed by atoms with Crippen molar-refractivity contribution in [3.05, 3.63) is 134 Å². The van der Waals surface area contributed by atoms with E-state index >= 15 is 0 Å². The zero-order valence-corrected chi connectivity index (χ0v) is 20.5. The van der Waals surface area contributed by atoms with Crippen LogP contribution in [0.25, 0.3) is 71.8 Å². The third kappa shape index (κ3) is 3.12. The minimum atomic E-state index is 0.812. The highest BCUT2D eigenvalue weighted by Gasteiger charge is 2.14. The summed E-state index contributed by atoms with van der Waals surface area (Å²) in [5.41, 5.74) is 10.7. The van der Waals surface area contributed by atoms with E-state index in [0.29, 0.717) is 0 Å². The fraction of sp³-hybridized carbons (Fsp3) is 0. The van der Waals surface area contributed by atoms with Crippen molar-refractivity contribution in [1.29, 1.82) is 0 Å². The van der Waals surface area contributed by atoms with Gasteiger partial charge in [0.15, 0.2) is 5.58 Å². The number of furan rings is 1. The average Bonchev–Trinajstić information content (AvgIpc) is 3.53. The van der Waals surface area contributed by atoms with Gasteiger partial charge in [-0.25, -0.2) is 0 Å². The summed E-state index contributed by atoms with van der Waals surface area (Å²) in [6.45, 7) is 0. The Hall–Kier alpha value is -5.15. The Kier molecular flexibility index (Phi) is 4.52. The Labute approximate surface area is 219 Å². The van der Waals surface area contributed by atoms with Gasteiger partial charge < -0.3 is 8.98 Å². The van der Waals surface area contributed by atoms with Gasteiger partial charge >= 0.3 is 0 Å². The van der Waals surface area contributed by atoms with E-state index in [1.807, 2.05) is 18.3 Å². The number of rotatable bonds is 3. The second-order valence-corrected chi connectivity index (χ2v) is 9.63. The van der Waals surface area contributed by atoms with E-state index in [4.69, 9.17) is 4.42 Å². The van der Waals surface area contributed by atoms with Gasteiger partial charge in [-0.3, -0.25) is 4.98 Å². The number of aromatic nitrogens is 2. The Balaban J connectivity index is 1.22. The molecule has 0 atom stereocenters. The van der Waals surface area contributed by atoms with Crippen LogP contribution in [0.1, 0.15) is 0 Å². The summed E-state index contributed by atoms with van der Waals surface area (Å²) < 4.78 is 8.59. The van der Waals surface area contributed by atoms with Crippen LogP contribution >= 0.6 is 0 Å². The van der Waals surface area contributed by atoms with E-state index in [1.54, 1.807) is 0 Å². The van der Waals surface area contributed by atoms with Crippen molar-refractivity contribution in [2.24, 2.45) is 0 Å². The predicted octanol–water partition coefficient (Wildman–Crippen LogP) is 9.41. The summed E-state index contributed by atoms with van der Waals surface area (Å²) >= 11 is 0. The summed E-state index contributed by atoms with van der Waals surface area (Å²) in [5.74, 6) is 0. The Morgan fingerprint density at radius 2 is 1.21 bits per heavy atom. The summed E-state index contributed by atoms with van der Waals surface area (Å²) in [4.78, 5) is 4.54. The molecule has 0 aliphatic carbocycles. The molecule has 38 heavy (non-hydrogen) atoms. The fourth-order valence-corrected chi connectivity index (χ4v) is 5.72. The van der Waals surface area contributed by atoms with Crippen LogP contribution in [0.2, 0.25) is 0 Å². The predicted molar refractivity (Wildman–Crippen MR) is 157 cm³/mol. The molecule has 0 fully saturated rings. The van der Waals surface area contributed by atoms with Gasteiger partial charge in [0.25, 0.3) is 0 Å². The lowest BCUT2D eigenvalue weighted by Gasteiger charge is -2.10. The Morgan fingerprint density at radius 1 is 0.526 bits per heavy atom. The quantitative estimate of drug-likeness (QED) is 0.249. The van der Waals surface area contributed by atoms with Gasteiger partial charge in [-0.05, 0) is 65.2 Å². The molecule has 8 rings (SSSR count). The molecular formula is C35H22N2O. The van der Waals surface area contributed by atoms with E-state index in [9.17, 15) is 0 Å². The van der Waals surface area contributed by atoms with E-state index in [-0.39, 0.29) is 0 Å². The third-order valence-corrected chi connectivity index (χ3v) is 7.47. The molecule has 178 valence electrons. The zero-order chi connectivity index (χ0) is 25.1. The number of benzene rings is 5. The maximum atomic E-state index is 6.25. The summed E-state index contributed by atoms with van der Waals surface area (Å²) in [6.07, 6.45) is 1.81. The molecule has 5 aromatic carbocycles. The topological polar surface area (TPSA) is 31.0 Å². The minimum Gasteiger partial charge on any atom is -0.454 e. The molecule has 0 aliphatic rings. The highest BCUT2D eigenvalue weighted by Crippen LogP contribution is 2.37.